The number of nitrogens with one attached hydrogen (secondary N) is 1. The highest BCUT2D eigenvalue weighted by Gasteiger charge is 2.33. The molecule has 1 atom stereocenters. The van der Waals surface area contributed by atoms with Crippen molar-refractivity contribution in [2.24, 2.45) is 0 Å². The number of nitrogens with two attached hydrogens (primary N) is 1. The van der Waals surface area contributed by atoms with Gasteiger partial charge in [-0.1, -0.05) is 31.4 Å². The molecule has 9 heteroatoms. The maximum Gasteiger partial charge on any atom is 0.299 e. The standard InChI is InChI=1S/C30H31N7O2/c1-3-5-8-20-14-15-32-24(19-20)34-30(39)22-12-10-21(11-13-22)26-27-28(31)33-16-18-37(27)29(35-26)23-9-6-17-36(23)25(38)7-4-2/h10-16,18-19,23H,3,5-6,8-9,17H2,1-2H3,(H2,31,33)(H,32,34,39)/t23-/m0/s1. The molecule has 0 aliphatic carbocycles. The number of aryl methyl sites for hydroxylation is 1. The smallest absolute Gasteiger partial charge is 0.299 e. The quantitative estimate of drug-likeness (QED) is 0.342. The number of nitrogen functional groups attached to an aromatic ring is 1. The van der Waals surface area contributed by atoms with Gasteiger partial charge in [0.25, 0.3) is 11.8 Å². The fourth-order valence-corrected chi connectivity index (χ4v) is 5.03. The van der Waals surface area contributed by atoms with Gasteiger partial charge in [-0.2, -0.15) is 0 Å². The second-order valence-electron chi connectivity index (χ2n) is 9.57. The van der Waals surface area contributed by atoms with E-state index in [-0.39, 0.29) is 17.9 Å². The van der Waals surface area contributed by atoms with Gasteiger partial charge >= 0.3 is 0 Å². The van der Waals surface area contributed by atoms with Gasteiger partial charge in [0.05, 0.1) is 6.04 Å². The van der Waals surface area contributed by atoms with E-state index >= 15 is 0 Å². The number of carbonyl (C=O) groups excluding carboxylic acids is 2. The number of unbranched alkanes of at least 4 members (excludes halogenated alkanes) is 1. The molecule has 0 bridgehead atoms. The number of anilines is 2. The van der Waals surface area contributed by atoms with E-state index in [9.17, 15) is 9.59 Å². The third kappa shape index (κ3) is 5.32. The van der Waals surface area contributed by atoms with E-state index in [0.717, 1.165) is 43.2 Å². The van der Waals surface area contributed by atoms with Gasteiger partial charge in [-0.3, -0.25) is 14.0 Å². The molecule has 3 N–H and O–H groups in total. The van der Waals surface area contributed by atoms with Crippen molar-refractivity contribution in [2.45, 2.75) is 52.0 Å². The van der Waals surface area contributed by atoms with Crippen LogP contribution >= 0.6 is 0 Å². The highest BCUT2D eigenvalue weighted by atomic mass is 16.2. The number of hydrogen-bond acceptors (Lipinski definition) is 6. The van der Waals surface area contributed by atoms with Gasteiger partial charge in [-0.25, -0.2) is 15.0 Å². The second-order valence-corrected chi connectivity index (χ2v) is 9.57. The molecule has 1 saturated heterocycles. The Balaban J connectivity index is 1.43. The van der Waals surface area contributed by atoms with E-state index in [1.165, 1.54) is 0 Å². The Morgan fingerprint density at radius 2 is 1.97 bits per heavy atom. The Kier molecular flexibility index (Phi) is 7.55. The van der Waals surface area contributed by atoms with E-state index in [2.05, 4.69) is 34.0 Å². The number of carbonyl (C=O) groups is 2. The number of amides is 2. The minimum Gasteiger partial charge on any atom is -0.382 e. The molecule has 198 valence electrons. The summed E-state index contributed by atoms with van der Waals surface area (Å²) < 4.78 is 1.91. The van der Waals surface area contributed by atoms with Crippen molar-refractivity contribution < 1.29 is 9.59 Å². The van der Waals surface area contributed by atoms with Crippen LogP contribution in [-0.2, 0) is 11.2 Å². The normalized spacial score (nSPS) is 14.7. The summed E-state index contributed by atoms with van der Waals surface area (Å²) in [5, 5.41) is 2.89. The number of hydrogen-bond donors (Lipinski definition) is 2. The number of aromatic nitrogens is 4. The molecule has 3 aromatic heterocycles. The Morgan fingerprint density at radius 3 is 2.74 bits per heavy atom. The summed E-state index contributed by atoms with van der Waals surface area (Å²) in [6.07, 6.45) is 9.96. The summed E-state index contributed by atoms with van der Waals surface area (Å²) in [7, 11) is 0. The Hall–Kier alpha value is -4.71. The summed E-state index contributed by atoms with van der Waals surface area (Å²) in [4.78, 5) is 40.9. The van der Waals surface area contributed by atoms with Gasteiger partial charge in [-0.15, -0.1) is 0 Å². The van der Waals surface area contributed by atoms with Gasteiger partial charge in [0, 0.05) is 36.3 Å². The zero-order valence-corrected chi connectivity index (χ0v) is 22.1. The number of rotatable bonds is 7. The van der Waals surface area contributed by atoms with Crippen LogP contribution in [0.15, 0.2) is 55.0 Å². The van der Waals surface area contributed by atoms with Gasteiger partial charge in [-0.05, 0) is 68.4 Å². The molecular weight excluding hydrogens is 490 g/mol. The molecule has 5 rings (SSSR count). The van der Waals surface area contributed by atoms with Crippen molar-refractivity contribution in [3.05, 3.63) is 71.9 Å². The average Bonchev–Trinajstić information content (AvgIpc) is 3.58. The number of fused-ring (bicyclic) bond motifs is 1. The zero-order chi connectivity index (χ0) is 27.4. The van der Waals surface area contributed by atoms with E-state index in [1.54, 1.807) is 36.4 Å². The van der Waals surface area contributed by atoms with Crippen LogP contribution < -0.4 is 11.1 Å². The highest BCUT2D eigenvalue weighted by molar-refractivity contribution is 6.04. The fourth-order valence-electron chi connectivity index (χ4n) is 5.03. The minimum atomic E-state index is -0.240. The molecule has 1 fully saturated rings. The Morgan fingerprint density at radius 1 is 1.15 bits per heavy atom. The van der Waals surface area contributed by atoms with Crippen molar-refractivity contribution in [2.75, 3.05) is 17.6 Å². The molecule has 4 aromatic rings. The summed E-state index contributed by atoms with van der Waals surface area (Å²) in [5.74, 6) is 6.49. The van der Waals surface area contributed by atoms with E-state index in [4.69, 9.17) is 10.7 Å². The number of pyridine rings is 1. The molecule has 1 aliphatic rings. The monoisotopic (exact) mass is 521 g/mol. The van der Waals surface area contributed by atoms with Crippen LogP contribution in [0.3, 0.4) is 0 Å². The van der Waals surface area contributed by atoms with E-state index < -0.39 is 0 Å². The zero-order valence-electron chi connectivity index (χ0n) is 22.1. The first-order valence-electron chi connectivity index (χ1n) is 13.2. The van der Waals surface area contributed by atoms with Crippen LogP contribution in [0.25, 0.3) is 16.8 Å². The summed E-state index contributed by atoms with van der Waals surface area (Å²) in [5.41, 5.74) is 10.1. The molecule has 0 radical (unpaired) electrons. The lowest BCUT2D eigenvalue weighted by Crippen LogP contribution is -2.30. The van der Waals surface area contributed by atoms with Crippen molar-refractivity contribution in [3.63, 3.8) is 0 Å². The van der Waals surface area contributed by atoms with Crippen LogP contribution in [0.4, 0.5) is 11.6 Å². The van der Waals surface area contributed by atoms with Gasteiger partial charge in [0.15, 0.2) is 0 Å². The van der Waals surface area contributed by atoms with Crippen LogP contribution in [0, 0.1) is 11.8 Å². The molecule has 0 spiro atoms. The average molecular weight is 522 g/mol. The highest BCUT2D eigenvalue weighted by Crippen LogP contribution is 2.36. The van der Waals surface area contributed by atoms with Gasteiger partial charge in [0.2, 0.25) is 0 Å². The SMILES string of the molecule is CC#CC(=O)N1CCC[C@H]1c1nc(-c2ccc(C(=O)Nc3cc(CCCC)ccn3)cc2)c2c(N)nccn12. The lowest BCUT2D eigenvalue weighted by Gasteiger charge is -2.21. The molecule has 1 aliphatic heterocycles. The Labute approximate surface area is 227 Å². The van der Waals surface area contributed by atoms with Crippen molar-refractivity contribution >= 4 is 29.0 Å². The first-order valence-corrected chi connectivity index (χ1v) is 13.2. The van der Waals surface area contributed by atoms with Crippen LogP contribution in [0.2, 0.25) is 0 Å². The van der Waals surface area contributed by atoms with Gasteiger partial charge < -0.3 is 16.0 Å². The lowest BCUT2D eigenvalue weighted by molar-refractivity contribution is -0.126. The number of imidazole rings is 1. The molecule has 4 heterocycles. The molecule has 9 nitrogen and oxygen atoms in total. The largest absolute Gasteiger partial charge is 0.382 e. The lowest BCUT2D eigenvalue weighted by atomic mass is 10.1. The first kappa shape index (κ1) is 25.9. The number of benzene rings is 1. The number of nitrogens with zero attached hydrogens (tertiary/aromatic N) is 5. The van der Waals surface area contributed by atoms with Crippen molar-refractivity contribution in [3.8, 4) is 23.1 Å². The number of likely N-dealkylation sites (tertiary alicyclic amines) is 1. The topological polar surface area (TPSA) is 119 Å². The first-order chi connectivity index (χ1) is 19.0. The maximum atomic E-state index is 12.9. The predicted molar refractivity (Wildman–Crippen MR) is 151 cm³/mol. The third-order valence-electron chi connectivity index (χ3n) is 6.96. The van der Waals surface area contributed by atoms with E-state index in [1.807, 2.05) is 34.9 Å². The van der Waals surface area contributed by atoms with Crippen LogP contribution in [0.1, 0.15) is 67.3 Å². The fraction of sp³-hybridized carbons (Fsp3) is 0.300. The minimum absolute atomic E-state index is 0.207. The van der Waals surface area contributed by atoms with E-state index in [0.29, 0.717) is 40.8 Å². The van der Waals surface area contributed by atoms with Crippen molar-refractivity contribution in [1.29, 1.82) is 0 Å². The molecule has 0 saturated carbocycles. The predicted octanol–water partition coefficient (Wildman–Crippen LogP) is 4.66. The molecule has 2 amide bonds. The van der Waals surface area contributed by atoms with Crippen molar-refractivity contribution in [1.82, 2.24) is 24.3 Å². The Bertz CT molecular complexity index is 1580. The molecule has 39 heavy (non-hydrogen) atoms. The van der Waals surface area contributed by atoms with Crippen LogP contribution in [-0.4, -0.2) is 42.6 Å². The molecular formula is C30H31N7O2. The summed E-state index contributed by atoms with van der Waals surface area (Å²) in [6, 6.07) is 10.9. The van der Waals surface area contributed by atoms with Gasteiger partial charge in [0.1, 0.15) is 28.7 Å². The molecule has 0 unspecified atom stereocenters. The maximum absolute atomic E-state index is 12.9. The second kappa shape index (κ2) is 11.4. The molecule has 1 aromatic carbocycles. The third-order valence-corrected chi connectivity index (χ3v) is 6.96. The van der Waals surface area contributed by atoms with Crippen LogP contribution in [0.5, 0.6) is 0 Å². The summed E-state index contributed by atoms with van der Waals surface area (Å²) in [6.45, 7) is 4.44. The summed E-state index contributed by atoms with van der Waals surface area (Å²) >= 11 is 0.